The molecule has 0 amide bonds. The lowest BCUT2D eigenvalue weighted by Crippen LogP contribution is -2.36. The third-order valence-corrected chi connectivity index (χ3v) is 3.56. The molecule has 1 heterocycles. The molecule has 1 unspecified atom stereocenters. The highest BCUT2D eigenvalue weighted by Gasteiger charge is 2.21. The van der Waals surface area contributed by atoms with Crippen LogP contribution in [0.25, 0.3) is 0 Å². The van der Waals surface area contributed by atoms with Gasteiger partial charge in [0.1, 0.15) is 11.0 Å². The van der Waals surface area contributed by atoms with E-state index in [9.17, 15) is 8.42 Å². The van der Waals surface area contributed by atoms with Crippen molar-refractivity contribution in [1.82, 2.24) is 9.71 Å². The van der Waals surface area contributed by atoms with Crippen molar-refractivity contribution >= 4 is 10.0 Å². The summed E-state index contributed by atoms with van der Waals surface area (Å²) in [7, 11) is -2.26. The van der Waals surface area contributed by atoms with E-state index in [1.807, 2.05) is 0 Å². The Kier molecular flexibility index (Phi) is 4.57. The van der Waals surface area contributed by atoms with E-state index in [-0.39, 0.29) is 23.2 Å². The van der Waals surface area contributed by atoms with Gasteiger partial charge in [-0.3, -0.25) is 0 Å². The van der Waals surface area contributed by atoms with Gasteiger partial charge in [0.2, 0.25) is 10.0 Å². The van der Waals surface area contributed by atoms with Crippen LogP contribution in [0.1, 0.15) is 12.6 Å². The average Bonchev–Trinajstić information content (AvgIpc) is 2.28. The number of nitrogens with zero attached hydrogens (tertiary/aromatic N) is 2. The molecule has 7 heteroatoms. The first-order valence-electron chi connectivity index (χ1n) is 4.87. The summed E-state index contributed by atoms with van der Waals surface area (Å²) >= 11 is 0. The zero-order valence-electron chi connectivity index (χ0n) is 9.54. The second-order valence-electron chi connectivity index (χ2n) is 3.44. The van der Waals surface area contributed by atoms with Gasteiger partial charge in [0, 0.05) is 19.3 Å². The van der Waals surface area contributed by atoms with Gasteiger partial charge in [0.05, 0.1) is 6.61 Å². The molecule has 6 nitrogen and oxygen atoms in total. The van der Waals surface area contributed by atoms with Crippen LogP contribution in [0.15, 0.2) is 23.2 Å². The Balaban J connectivity index is 3.02. The van der Waals surface area contributed by atoms with Crippen LogP contribution in [0.2, 0.25) is 0 Å². The molecule has 0 aliphatic carbocycles. The standard InChI is InChI=1S/C10H13N3O3S/c1-8(7-16-2)13-17(14,15)10-4-3-5-12-9(10)6-11/h3-5,8,13H,7H2,1-2H3. The van der Waals surface area contributed by atoms with E-state index in [1.165, 1.54) is 25.4 Å². The minimum absolute atomic E-state index is 0.120. The number of hydrogen-bond donors (Lipinski definition) is 1. The minimum Gasteiger partial charge on any atom is -0.383 e. The van der Waals surface area contributed by atoms with E-state index < -0.39 is 10.0 Å². The Morgan fingerprint density at radius 2 is 2.35 bits per heavy atom. The SMILES string of the molecule is COCC(C)NS(=O)(=O)c1cccnc1C#N. The maximum absolute atomic E-state index is 11.9. The predicted molar refractivity (Wildman–Crippen MR) is 60.6 cm³/mol. The zero-order valence-corrected chi connectivity index (χ0v) is 10.4. The fourth-order valence-corrected chi connectivity index (χ4v) is 2.64. The van der Waals surface area contributed by atoms with Crippen molar-refractivity contribution in [3.8, 4) is 6.07 Å². The fraction of sp³-hybridized carbons (Fsp3) is 0.400. The molecule has 0 fully saturated rings. The summed E-state index contributed by atoms with van der Waals surface area (Å²) in [5, 5.41) is 8.79. The molecule has 0 aliphatic heterocycles. The number of pyridine rings is 1. The second kappa shape index (κ2) is 5.72. The van der Waals surface area contributed by atoms with Crippen LogP contribution in [-0.4, -0.2) is 33.2 Å². The second-order valence-corrected chi connectivity index (χ2v) is 5.12. The summed E-state index contributed by atoms with van der Waals surface area (Å²) in [5.74, 6) is 0. The first-order valence-corrected chi connectivity index (χ1v) is 6.36. The first-order chi connectivity index (χ1) is 8.01. The Bertz CT molecular complexity index is 522. The topological polar surface area (TPSA) is 92.1 Å². The van der Waals surface area contributed by atoms with E-state index in [0.29, 0.717) is 0 Å². The molecule has 0 bridgehead atoms. The number of nitriles is 1. The molecule has 0 radical (unpaired) electrons. The summed E-state index contributed by atoms with van der Waals surface area (Å²) in [6.45, 7) is 1.92. The van der Waals surface area contributed by atoms with E-state index >= 15 is 0 Å². The highest BCUT2D eigenvalue weighted by molar-refractivity contribution is 7.89. The summed E-state index contributed by atoms with van der Waals surface area (Å²) in [4.78, 5) is 3.59. The lowest BCUT2D eigenvalue weighted by atomic mass is 10.4. The van der Waals surface area contributed by atoms with Gasteiger partial charge >= 0.3 is 0 Å². The Hall–Kier alpha value is -1.49. The first kappa shape index (κ1) is 13.6. The van der Waals surface area contributed by atoms with Crippen LogP contribution in [0, 0.1) is 11.3 Å². The van der Waals surface area contributed by atoms with Crippen LogP contribution in [0.4, 0.5) is 0 Å². The smallest absolute Gasteiger partial charge is 0.243 e. The highest BCUT2D eigenvalue weighted by Crippen LogP contribution is 2.12. The van der Waals surface area contributed by atoms with Gasteiger partial charge < -0.3 is 4.74 Å². The van der Waals surface area contributed by atoms with Gasteiger partial charge in [-0.15, -0.1) is 0 Å². The Morgan fingerprint density at radius 1 is 1.65 bits per heavy atom. The molecule has 0 aromatic carbocycles. The molecule has 92 valence electrons. The molecule has 0 spiro atoms. The summed E-state index contributed by atoms with van der Waals surface area (Å²) < 4.78 is 31.1. The van der Waals surface area contributed by atoms with Gasteiger partial charge in [0.15, 0.2) is 5.69 Å². The maximum Gasteiger partial charge on any atom is 0.243 e. The maximum atomic E-state index is 11.9. The number of sulfonamides is 1. The molecular formula is C10H13N3O3S. The van der Waals surface area contributed by atoms with Gasteiger partial charge in [-0.2, -0.15) is 5.26 Å². The number of aromatic nitrogens is 1. The zero-order chi connectivity index (χ0) is 12.9. The van der Waals surface area contributed by atoms with Crippen molar-refractivity contribution in [2.75, 3.05) is 13.7 Å². The largest absolute Gasteiger partial charge is 0.383 e. The van der Waals surface area contributed by atoms with Crippen LogP contribution in [-0.2, 0) is 14.8 Å². The Labute approximate surface area is 100 Å². The van der Waals surface area contributed by atoms with Gasteiger partial charge in [-0.1, -0.05) is 0 Å². The molecule has 0 saturated carbocycles. The van der Waals surface area contributed by atoms with E-state index in [2.05, 4.69) is 9.71 Å². The normalized spacial score (nSPS) is 13.0. The van der Waals surface area contributed by atoms with E-state index in [0.717, 1.165) is 0 Å². The molecule has 17 heavy (non-hydrogen) atoms. The van der Waals surface area contributed by atoms with Crippen LogP contribution in [0.5, 0.6) is 0 Å². The van der Waals surface area contributed by atoms with Crippen LogP contribution < -0.4 is 4.72 Å². The van der Waals surface area contributed by atoms with Crippen molar-refractivity contribution in [2.45, 2.75) is 17.9 Å². The van der Waals surface area contributed by atoms with Gasteiger partial charge in [-0.05, 0) is 19.1 Å². The monoisotopic (exact) mass is 255 g/mol. The van der Waals surface area contributed by atoms with Crippen LogP contribution >= 0.6 is 0 Å². The van der Waals surface area contributed by atoms with E-state index in [1.54, 1.807) is 13.0 Å². The fourth-order valence-electron chi connectivity index (χ4n) is 1.30. The molecular weight excluding hydrogens is 242 g/mol. The lowest BCUT2D eigenvalue weighted by Gasteiger charge is -2.13. The van der Waals surface area contributed by atoms with Crippen molar-refractivity contribution in [1.29, 1.82) is 5.26 Å². The lowest BCUT2D eigenvalue weighted by molar-refractivity contribution is 0.180. The van der Waals surface area contributed by atoms with Crippen molar-refractivity contribution in [3.05, 3.63) is 24.0 Å². The summed E-state index contributed by atoms with van der Waals surface area (Å²) in [6.07, 6.45) is 1.37. The number of hydrogen-bond acceptors (Lipinski definition) is 5. The third-order valence-electron chi connectivity index (χ3n) is 1.94. The number of rotatable bonds is 5. The molecule has 0 saturated heterocycles. The van der Waals surface area contributed by atoms with Crippen molar-refractivity contribution in [3.63, 3.8) is 0 Å². The van der Waals surface area contributed by atoms with Crippen LogP contribution in [0.3, 0.4) is 0 Å². The molecule has 1 N–H and O–H groups in total. The molecule has 1 atom stereocenters. The average molecular weight is 255 g/mol. The molecule has 1 aromatic rings. The van der Waals surface area contributed by atoms with Gasteiger partial charge in [-0.25, -0.2) is 18.1 Å². The Morgan fingerprint density at radius 3 is 2.94 bits per heavy atom. The van der Waals surface area contributed by atoms with Crippen molar-refractivity contribution < 1.29 is 13.2 Å². The van der Waals surface area contributed by atoms with E-state index in [4.69, 9.17) is 10.00 Å². The van der Waals surface area contributed by atoms with Crippen molar-refractivity contribution in [2.24, 2.45) is 0 Å². The summed E-state index contributed by atoms with van der Waals surface area (Å²) in [5.41, 5.74) is -0.121. The molecule has 1 rings (SSSR count). The van der Waals surface area contributed by atoms with Gasteiger partial charge in [0.25, 0.3) is 0 Å². The number of ether oxygens (including phenoxy) is 1. The predicted octanol–water partition coefficient (Wildman–Crippen LogP) is 0.266. The quantitative estimate of drug-likeness (QED) is 0.815. The number of nitrogens with one attached hydrogen (secondary N) is 1. The molecule has 0 aliphatic rings. The minimum atomic E-state index is -3.74. The third kappa shape index (κ3) is 3.49. The molecule has 1 aromatic heterocycles. The highest BCUT2D eigenvalue weighted by atomic mass is 32.2. The number of methoxy groups -OCH3 is 1. The summed E-state index contributed by atoms with van der Waals surface area (Å²) in [6, 6.07) is 4.18.